The predicted molar refractivity (Wildman–Crippen MR) is 71.7 cm³/mol. The van der Waals surface area contributed by atoms with E-state index in [4.69, 9.17) is 10.6 Å². The third-order valence-corrected chi connectivity index (χ3v) is 2.66. The van der Waals surface area contributed by atoms with Gasteiger partial charge in [0.05, 0.1) is 6.61 Å². The number of benzene rings is 1. The van der Waals surface area contributed by atoms with E-state index in [1.165, 1.54) is 5.57 Å². The van der Waals surface area contributed by atoms with Crippen LogP contribution in [-0.4, -0.2) is 6.61 Å². The first-order chi connectivity index (χ1) is 8.19. The minimum absolute atomic E-state index is 0.106. The van der Waals surface area contributed by atoms with Crippen LogP contribution in [0.3, 0.4) is 0 Å². The molecule has 0 saturated heterocycles. The molecule has 0 aliphatic rings. The van der Waals surface area contributed by atoms with Gasteiger partial charge in [-0.25, -0.2) is 0 Å². The molecular weight excluding hydrogens is 212 g/mol. The van der Waals surface area contributed by atoms with E-state index >= 15 is 0 Å². The highest BCUT2D eigenvalue weighted by Crippen LogP contribution is 2.28. The monoisotopic (exact) mass is 234 g/mol. The Labute approximate surface area is 104 Å². The second kappa shape index (κ2) is 7.09. The summed E-state index contributed by atoms with van der Waals surface area (Å²) in [5.74, 6) is 6.52. The smallest absolute Gasteiger partial charge is 0.124 e. The van der Waals surface area contributed by atoms with Crippen molar-refractivity contribution in [2.24, 2.45) is 5.84 Å². The topological polar surface area (TPSA) is 47.3 Å². The molecule has 1 unspecified atom stereocenters. The average molecular weight is 234 g/mol. The van der Waals surface area contributed by atoms with E-state index in [0.29, 0.717) is 6.61 Å². The SMILES string of the molecule is C=C(C)CCC(NN)c1ccccc1OCC. The molecule has 0 radical (unpaired) electrons. The van der Waals surface area contributed by atoms with Crippen LogP contribution in [0.1, 0.15) is 38.3 Å². The van der Waals surface area contributed by atoms with Crippen LogP contribution >= 0.6 is 0 Å². The molecular formula is C14H22N2O. The molecule has 0 amide bonds. The van der Waals surface area contributed by atoms with Crippen molar-refractivity contribution in [3.05, 3.63) is 42.0 Å². The van der Waals surface area contributed by atoms with Crippen LogP contribution in [0, 0.1) is 0 Å². The second-order valence-corrected chi connectivity index (χ2v) is 4.19. The summed E-state index contributed by atoms with van der Waals surface area (Å²) in [5.41, 5.74) is 5.13. The number of hydrogen-bond donors (Lipinski definition) is 2. The standard InChI is InChI=1S/C14H22N2O/c1-4-17-14-8-6-5-7-12(14)13(16-15)10-9-11(2)3/h5-8,13,16H,2,4,9-10,15H2,1,3H3. The highest BCUT2D eigenvalue weighted by Gasteiger charge is 2.14. The van der Waals surface area contributed by atoms with E-state index in [1.807, 2.05) is 38.1 Å². The van der Waals surface area contributed by atoms with Crippen LogP contribution in [-0.2, 0) is 0 Å². The van der Waals surface area contributed by atoms with Gasteiger partial charge in [0.1, 0.15) is 5.75 Å². The molecule has 0 spiro atoms. The molecule has 0 fully saturated rings. The van der Waals surface area contributed by atoms with Crippen LogP contribution in [0.4, 0.5) is 0 Å². The first-order valence-electron chi connectivity index (χ1n) is 6.01. The Morgan fingerprint density at radius 3 is 2.76 bits per heavy atom. The van der Waals surface area contributed by atoms with Crippen molar-refractivity contribution < 1.29 is 4.74 Å². The van der Waals surface area contributed by atoms with Crippen LogP contribution < -0.4 is 16.0 Å². The molecule has 3 nitrogen and oxygen atoms in total. The third-order valence-electron chi connectivity index (χ3n) is 2.66. The number of hydrogen-bond acceptors (Lipinski definition) is 3. The molecule has 1 aromatic carbocycles. The van der Waals surface area contributed by atoms with Gasteiger partial charge in [-0.2, -0.15) is 0 Å². The molecule has 0 heterocycles. The minimum Gasteiger partial charge on any atom is -0.494 e. The lowest BCUT2D eigenvalue weighted by Gasteiger charge is -2.19. The molecule has 0 aliphatic carbocycles. The molecule has 0 saturated carbocycles. The molecule has 0 aliphatic heterocycles. The van der Waals surface area contributed by atoms with Gasteiger partial charge in [0.25, 0.3) is 0 Å². The van der Waals surface area contributed by atoms with Crippen LogP contribution in [0.25, 0.3) is 0 Å². The number of nitrogens with one attached hydrogen (secondary N) is 1. The Bertz CT molecular complexity index is 363. The van der Waals surface area contributed by atoms with Gasteiger partial charge >= 0.3 is 0 Å². The zero-order valence-corrected chi connectivity index (χ0v) is 10.7. The first kappa shape index (κ1) is 13.7. The molecule has 3 N–H and O–H groups in total. The molecule has 3 heteroatoms. The van der Waals surface area contributed by atoms with E-state index in [1.54, 1.807) is 0 Å². The van der Waals surface area contributed by atoms with Crippen molar-refractivity contribution in [1.82, 2.24) is 5.43 Å². The summed E-state index contributed by atoms with van der Waals surface area (Å²) in [6.07, 6.45) is 1.88. The average Bonchev–Trinajstić information content (AvgIpc) is 2.32. The maximum atomic E-state index is 5.62. The molecule has 1 aromatic rings. The number of ether oxygens (including phenoxy) is 1. The Kier molecular flexibility index (Phi) is 5.73. The largest absolute Gasteiger partial charge is 0.494 e. The summed E-state index contributed by atoms with van der Waals surface area (Å²) in [4.78, 5) is 0. The van der Waals surface area contributed by atoms with Crippen molar-refractivity contribution in [1.29, 1.82) is 0 Å². The fourth-order valence-corrected chi connectivity index (χ4v) is 1.77. The van der Waals surface area contributed by atoms with Crippen molar-refractivity contribution in [3.8, 4) is 5.75 Å². The van der Waals surface area contributed by atoms with Crippen molar-refractivity contribution in [2.75, 3.05) is 6.61 Å². The number of nitrogens with two attached hydrogens (primary N) is 1. The number of allylic oxidation sites excluding steroid dienone is 1. The van der Waals surface area contributed by atoms with Crippen LogP contribution in [0.5, 0.6) is 5.75 Å². The molecule has 94 valence electrons. The number of rotatable bonds is 7. The van der Waals surface area contributed by atoms with Crippen molar-refractivity contribution >= 4 is 0 Å². The zero-order valence-electron chi connectivity index (χ0n) is 10.7. The zero-order chi connectivity index (χ0) is 12.7. The number of hydrazine groups is 1. The summed E-state index contributed by atoms with van der Waals surface area (Å²) in [5, 5.41) is 0. The minimum atomic E-state index is 0.106. The van der Waals surface area contributed by atoms with Crippen LogP contribution in [0.2, 0.25) is 0 Å². The lowest BCUT2D eigenvalue weighted by Crippen LogP contribution is -2.28. The van der Waals surface area contributed by atoms with Crippen molar-refractivity contribution in [3.63, 3.8) is 0 Å². The van der Waals surface area contributed by atoms with E-state index in [9.17, 15) is 0 Å². The Morgan fingerprint density at radius 2 is 2.18 bits per heavy atom. The van der Waals surface area contributed by atoms with Gasteiger partial charge in [-0.1, -0.05) is 23.8 Å². The van der Waals surface area contributed by atoms with Gasteiger partial charge in [0, 0.05) is 11.6 Å². The van der Waals surface area contributed by atoms with Crippen LogP contribution in [0.15, 0.2) is 36.4 Å². The summed E-state index contributed by atoms with van der Waals surface area (Å²) in [6.45, 7) is 8.59. The lowest BCUT2D eigenvalue weighted by atomic mass is 9.99. The molecule has 17 heavy (non-hydrogen) atoms. The Morgan fingerprint density at radius 1 is 1.47 bits per heavy atom. The lowest BCUT2D eigenvalue weighted by molar-refractivity contribution is 0.330. The van der Waals surface area contributed by atoms with Gasteiger partial charge in [-0.3, -0.25) is 11.3 Å². The highest BCUT2D eigenvalue weighted by molar-refractivity contribution is 5.36. The van der Waals surface area contributed by atoms with Gasteiger partial charge in [-0.15, -0.1) is 6.58 Å². The quantitative estimate of drug-likeness (QED) is 0.433. The molecule has 1 atom stereocenters. The van der Waals surface area contributed by atoms with Gasteiger partial charge in [0.15, 0.2) is 0 Å². The Hall–Kier alpha value is -1.32. The van der Waals surface area contributed by atoms with E-state index < -0.39 is 0 Å². The number of para-hydroxylation sites is 1. The van der Waals surface area contributed by atoms with E-state index in [-0.39, 0.29) is 6.04 Å². The molecule has 0 aromatic heterocycles. The van der Waals surface area contributed by atoms with E-state index in [0.717, 1.165) is 24.2 Å². The summed E-state index contributed by atoms with van der Waals surface area (Å²) in [6, 6.07) is 8.11. The maximum Gasteiger partial charge on any atom is 0.124 e. The van der Waals surface area contributed by atoms with E-state index in [2.05, 4.69) is 12.0 Å². The first-order valence-corrected chi connectivity index (χ1v) is 6.01. The molecule has 1 rings (SSSR count). The molecule has 0 bridgehead atoms. The van der Waals surface area contributed by atoms with Gasteiger partial charge < -0.3 is 4.74 Å². The summed E-state index contributed by atoms with van der Waals surface area (Å²) < 4.78 is 5.61. The maximum absolute atomic E-state index is 5.62. The third kappa shape index (κ3) is 4.21. The normalized spacial score (nSPS) is 12.2. The fraction of sp³-hybridized carbons (Fsp3) is 0.429. The Balaban J connectivity index is 2.82. The summed E-state index contributed by atoms with van der Waals surface area (Å²) >= 11 is 0. The highest BCUT2D eigenvalue weighted by atomic mass is 16.5. The fourth-order valence-electron chi connectivity index (χ4n) is 1.77. The second-order valence-electron chi connectivity index (χ2n) is 4.19. The van der Waals surface area contributed by atoms with Crippen molar-refractivity contribution in [2.45, 2.75) is 32.7 Å². The van der Waals surface area contributed by atoms with Gasteiger partial charge in [-0.05, 0) is 32.8 Å². The van der Waals surface area contributed by atoms with Gasteiger partial charge in [0.2, 0.25) is 0 Å². The summed E-state index contributed by atoms with van der Waals surface area (Å²) in [7, 11) is 0. The predicted octanol–water partition coefficient (Wildman–Crippen LogP) is 2.95.